The van der Waals surface area contributed by atoms with Crippen LogP contribution in [0.2, 0.25) is 5.02 Å². The fourth-order valence-corrected chi connectivity index (χ4v) is 5.41. The number of rotatable bonds is 4. The van der Waals surface area contributed by atoms with Crippen molar-refractivity contribution in [2.45, 2.75) is 25.3 Å². The highest BCUT2D eigenvalue weighted by Crippen LogP contribution is 2.24. The fourth-order valence-electron chi connectivity index (χ4n) is 2.83. The van der Waals surface area contributed by atoms with Gasteiger partial charge in [0.05, 0.1) is 16.0 Å². The zero-order valence-corrected chi connectivity index (χ0v) is 19.0. The second-order valence-electron chi connectivity index (χ2n) is 6.07. The summed E-state index contributed by atoms with van der Waals surface area (Å²) in [5, 5.41) is 2.41. The topological polar surface area (TPSA) is 49.7 Å². The summed E-state index contributed by atoms with van der Waals surface area (Å²) < 4.78 is 26.7. The summed E-state index contributed by atoms with van der Waals surface area (Å²) in [4.78, 5) is 6.96. The monoisotopic (exact) mass is 518 g/mol. The molecule has 138 valence electrons. The molecule has 0 radical (unpaired) electrons. The third kappa shape index (κ3) is 3.86. The molecule has 0 saturated heterocycles. The van der Waals surface area contributed by atoms with Crippen molar-refractivity contribution in [2.75, 3.05) is 12.4 Å². The van der Waals surface area contributed by atoms with Crippen molar-refractivity contribution < 1.29 is 8.42 Å². The highest BCUT2D eigenvalue weighted by Gasteiger charge is 2.19. The summed E-state index contributed by atoms with van der Waals surface area (Å²) in [6.45, 7) is 4.53. The van der Waals surface area contributed by atoms with Crippen molar-refractivity contribution in [2.24, 2.45) is 4.99 Å². The van der Waals surface area contributed by atoms with Crippen LogP contribution >= 0.6 is 43.5 Å². The van der Waals surface area contributed by atoms with E-state index < -0.39 is 9.84 Å². The summed E-state index contributed by atoms with van der Waals surface area (Å²) in [7, 11) is -3.32. The standard InChI is InChI=1S/C18H17Br2ClN2O2S/c1-3-26(24,25)16-5-4-14(21)6-12(16)8-23-9-13-7-15(19)11(2)17(20)18(13)22-10-23/h4-7,9H,3,8,10H2,1-2H3. The van der Waals surface area contributed by atoms with E-state index in [1.807, 2.05) is 24.1 Å². The SMILES string of the molecule is CCS(=O)(=O)c1ccc(Cl)cc1CN1C=c2cc(Br)c(C)c(Br)c2=NC1. The zero-order valence-electron chi connectivity index (χ0n) is 14.3. The van der Waals surface area contributed by atoms with Gasteiger partial charge in [-0.25, -0.2) is 8.42 Å². The van der Waals surface area contributed by atoms with Crippen LogP contribution in [0.3, 0.4) is 0 Å². The molecule has 3 rings (SSSR count). The molecule has 1 heterocycles. The molecule has 26 heavy (non-hydrogen) atoms. The van der Waals surface area contributed by atoms with E-state index in [4.69, 9.17) is 11.6 Å². The molecule has 8 heteroatoms. The van der Waals surface area contributed by atoms with Crippen LogP contribution in [0.25, 0.3) is 6.20 Å². The molecule has 2 aromatic rings. The lowest BCUT2D eigenvalue weighted by molar-refractivity contribution is 0.403. The molecular weight excluding hydrogens is 504 g/mol. The number of hydrogen-bond acceptors (Lipinski definition) is 4. The number of halogens is 3. The van der Waals surface area contributed by atoms with Crippen LogP contribution < -0.4 is 10.6 Å². The van der Waals surface area contributed by atoms with Crippen molar-refractivity contribution in [3.63, 3.8) is 0 Å². The van der Waals surface area contributed by atoms with E-state index >= 15 is 0 Å². The van der Waals surface area contributed by atoms with E-state index in [0.717, 1.165) is 25.1 Å². The van der Waals surface area contributed by atoms with Gasteiger partial charge in [-0.05, 0) is 58.2 Å². The molecule has 0 atom stereocenters. The maximum Gasteiger partial charge on any atom is 0.178 e. The Morgan fingerprint density at radius 2 is 2.00 bits per heavy atom. The van der Waals surface area contributed by atoms with Crippen molar-refractivity contribution in [3.8, 4) is 0 Å². The van der Waals surface area contributed by atoms with E-state index in [1.165, 1.54) is 0 Å². The third-order valence-electron chi connectivity index (χ3n) is 4.29. The first kappa shape index (κ1) is 19.9. The number of sulfone groups is 1. The smallest absolute Gasteiger partial charge is 0.178 e. The van der Waals surface area contributed by atoms with Crippen molar-refractivity contribution >= 4 is 59.5 Å². The molecule has 2 aromatic carbocycles. The second-order valence-corrected chi connectivity index (χ2v) is 10.4. The lowest BCUT2D eigenvalue weighted by Crippen LogP contribution is -2.37. The zero-order chi connectivity index (χ0) is 19.1. The molecule has 1 aliphatic rings. The minimum Gasteiger partial charge on any atom is -0.353 e. The molecule has 0 bridgehead atoms. The first-order valence-corrected chi connectivity index (χ1v) is 11.6. The Labute approximate surface area is 174 Å². The highest BCUT2D eigenvalue weighted by molar-refractivity contribution is 9.11. The maximum atomic E-state index is 12.4. The largest absolute Gasteiger partial charge is 0.353 e. The van der Waals surface area contributed by atoms with Gasteiger partial charge in [-0.15, -0.1) is 0 Å². The first-order chi connectivity index (χ1) is 12.2. The van der Waals surface area contributed by atoms with E-state index in [-0.39, 0.29) is 5.75 Å². The Bertz CT molecular complexity index is 1100. The Morgan fingerprint density at radius 1 is 1.27 bits per heavy atom. The van der Waals surface area contributed by atoms with Gasteiger partial charge in [0.15, 0.2) is 9.84 Å². The Balaban J connectivity index is 2.03. The van der Waals surface area contributed by atoms with E-state index in [9.17, 15) is 8.42 Å². The normalized spacial score (nSPS) is 13.8. The minimum absolute atomic E-state index is 0.0533. The van der Waals surface area contributed by atoms with Gasteiger partial charge in [-0.1, -0.05) is 34.5 Å². The molecule has 0 aromatic heterocycles. The number of hydrogen-bond donors (Lipinski definition) is 0. The molecule has 0 amide bonds. The van der Waals surface area contributed by atoms with Crippen LogP contribution in [0.1, 0.15) is 18.1 Å². The molecule has 4 nitrogen and oxygen atoms in total. The average Bonchev–Trinajstić information content (AvgIpc) is 2.59. The van der Waals surface area contributed by atoms with Gasteiger partial charge in [-0.2, -0.15) is 0 Å². The quantitative estimate of drug-likeness (QED) is 0.616. The molecule has 0 spiro atoms. The van der Waals surface area contributed by atoms with Crippen LogP contribution in [-0.4, -0.2) is 25.7 Å². The first-order valence-electron chi connectivity index (χ1n) is 7.99. The lowest BCUT2D eigenvalue weighted by Gasteiger charge is -2.23. The van der Waals surface area contributed by atoms with Crippen LogP contribution in [0, 0.1) is 6.92 Å². The molecule has 0 N–H and O–H groups in total. The maximum absolute atomic E-state index is 12.4. The predicted molar refractivity (Wildman–Crippen MR) is 111 cm³/mol. The summed E-state index contributed by atoms with van der Waals surface area (Å²) in [5.74, 6) is 0.0533. The van der Waals surface area contributed by atoms with Crippen LogP contribution in [0.5, 0.6) is 0 Å². The highest BCUT2D eigenvalue weighted by atomic mass is 79.9. The molecule has 0 aliphatic carbocycles. The summed E-state index contributed by atoms with van der Waals surface area (Å²) in [6, 6.07) is 6.94. The Morgan fingerprint density at radius 3 is 2.69 bits per heavy atom. The van der Waals surface area contributed by atoms with Crippen molar-refractivity contribution in [1.82, 2.24) is 4.90 Å². The molecule has 0 saturated carbocycles. The number of benzene rings is 2. The van der Waals surface area contributed by atoms with E-state index in [1.54, 1.807) is 25.1 Å². The van der Waals surface area contributed by atoms with Crippen molar-refractivity contribution in [3.05, 3.63) is 59.9 Å². The Kier molecular flexibility index (Phi) is 5.82. The van der Waals surface area contributed by atoms with E-state index in [0.29, 0.717) is 28.7 Å². The fraction of sp³-hybridized carbons (Fsp3) is 0.278. The number of fused-ring (bicyclic) bond motifs is 1. The second kappa shape index (κ2) is 7.62. The van der Waals surface area contributed by atoms with Gasteiger partial charge < -0.3 is 4.90 Å². The summed E-state index contributed by atoms with van der Waals surface area (Å²) in [6.07, 6.45) is 2.00. The predicted octanol–water partition coefficient (Wildman–Crippen LogP) is 3.80. The Hall–Kier alpha value is -0.890. The van der Waals surface area contributed by atoms with Gasteiger partial charge in [0.2, 0.25) is 0 Å². The molecule has 0 unspecified atom stereocenters. The minimum atomic E-state index is -3.32. The van der Waals surface area contributed by atoms with Gasteiger partial charge in [0.25, 0.3) is 0 Å². The van der Waals surface area contributed by atoms with E-state index in [2.05, 4.69) is 36.9 Å². The molecule has 0 fully saturated rings. The van der Waals surface area contributed by atoms with Gasteiger partial charge in [0.1, 0.15) is 6.67 Å². The van der Waals surface area contributed by atoms with Crippen LogP contribution in [0.4, 0.5) is 0 Å². The molecule has 1 aliphatic heterocycles. The van der Waals surface area contributed by atoms with Crippen molar-refractivity contribution in [1.29, 1.82) is 0 Å². The average molecular weight is 521 g/mol. The lowest BCUT2D eigenvalue weighted by atomic mass is 10.2. The van der Waals surface area contributed by atoms with Crippen LogP contribution in [0.15, 0.2) is 43.1 Å². The number of nitrogens with zero attached hydrogens (tertiary/aromatic N) is 2. The van der Waals surface area contributed by atoms with Gasteiger partial charge in [0, 0.05) is 31.9 Å². The van der Waals surface area contributed by atoms with Crippen LogP contribution in [-0.2, 0) is 16.4 Å². The summed E-state index contributed by atoms with van der Waals surface area (Å²) in [5.41, 5.74) is 1.78. The third-order valence-corrected chi connectivity index (χ3v) is 8.15. The van der Waals surface area contributed by atoms with Gasteiger partial charge in [-0.3, -0.25) is 4.99 Å². The van der Waals surface area contributed by atoms with Gasteiger partial charge >= 0.3 is 0 Å². The molecular formula is C18H17Br2ClN2O2S. The summed E-state index contributed by atoms with van der Waals surface area (Å²) >= 11 is 13.3.